The van der Waals surface area contributed by atoms with Crippen molar-refractivity contribution >= 4 is 21.6 Å². The number of benzene rings is 2. The number of anilines is 1. The largest absolute Gasteiger partial charge is 0.497 e. The van der Waals surface area contributed by atoms with Gasteiger partial charge < -0.3 is 9.64 Å². The lowest BCUT2D eigenvalue weighted by molar-refractivity contribution is -0.116. The lowest BCUT2D eigenvalue weighted by atomic mass is 10.1. The second-order valence-corrected chi connectivity index (χ2v) is 10.6. The van der Waals surface area contributed by atoms with Crippen molar-refractivity contribution in [3.63, 3.8) is 0 Å². The minimum absolute atomic E-state index is 0.0173. The van der Waals surface area contributed by atoms with E-state index in [0.717, 1.165) is 36.5 Å². The van der Waals surface area contributed by atoms with E-state index >= 15 is 0 Å². The zero-order valence-corrected chi connectivity index (χ0v) is 19.8. The number of nitrogens with zero attached hydrogens (tertiary/aromatic N) is 3. The molecule has 172 valence electrons. The summed E-state index contributed by atoms with van der Waals surface area (Å²) in [6.45, 7) is 6.83. The first kappa shape index (κ1) is 22.8. The van der Waals surface area contributed by atoms with Crippen LogP contribution in [0.1, 0.15) is 31.4 Å². The van der Waals surface area contributed by atoms with Gasteiger partial charge in [0.25, 0.3) is 0 Å². The predicted octanol–water partition coefficient (Wildman–Crippen LogP) is 2.89. The third-order valence-electron chi connectivity index (χ3n) is 6.36. The molecule has 2 aromatic rings. The summed E-state index contributed by atoms with van der Waals surface area (Å²) < 4.78 is 33.6. The van der Waals surface area contributed by atoms with Crippen LogP contribution in [0.4, 0.5) is 5.69 Å². The van der Waals surface area contributed by atoms with Gasteiger partial charge in [-0.3, -0.25) is 9.69 Å². The van der Waals surface area contributed by atoms with Gasteiger partial charge in [-0.1, -0.05) is 12.1 Å². The standard InChI is InChI=1S/C24H31N3O4S/c1-18-15-21-16-23(9-10-24(21)27(18)19(2)28)32(29,30)26-12-4-11-25(13-14-26)17-20-5-7-22(31-3)8-6-20/h5-10,16,18H,4,11-15,17H2,1-3H3. The molecule has 2 aromatic carbocycles. The van der Waals surface area contributed by atoms with Crippen molar-refractivity contribution in [3.8, 4) is 5.75 Å². The highest BCUT2D eigenvalue weighted by Crippen LogP contribution is 2.34. The number of carbonyl (C=O) groups is 1. The van der Waals surface area contributed by atoms with Crippen molar-refractivity contribution in [2.45, 2.75) is 44.2 Å². The molecule has 0 saturated carbocycles. The van der Waals surface area contributed by atoms with Crippen molar-refractivity contribution in [2.24, 2.45) is 0 Å². The summed E-state index contributed by atoms with van der Waals surface area (Å²) in [5, 5.41) is 0. The fourth-order valence-corrected chi connectivity index (χ4v) is 6.25. The quantitative estimate of drug-likeness (QED) is 0.691. The van der Waals surface area contributed by atoms with Crippen LogP contribution in [-0.2, 0) is 27.8 Å². The highest BCUT2D eigenvalue weighted by molar-refractivity contribution is 7.89. The van der Waals surface area contributed by atoms with Gasteiger partial charge in [0.15, 0.2) is 0 Å². The number of methoxy groups -OCH3 is 1. The van der Waals surface area contributed by atoms with E-state index in [-0.39, 0.29) is 11.9 Å². The Labute approximate surface area is 190 Å². The highest BCUT2D eigenvalue weighted by Gasteiger charge is 2.32. The summed E-state index contributed by atoms with van der Waals surface area (Å²) in [5.74, 6) is 0.813. The highest BCUT2D eigenvalue weighted by atomic mass is 32.2. The predicted molar refractivity (Wildman–Crippen MR) is 124 cm³/mol. The maximum atomic E-state index is 13.4. The number of carbonyl (C=O) groups excluding carboxylic acids is 1. The van der Waals surface area contributed by atoms with Crippen molar-refractivity contribution in [1.29, 1.82) is 0 Å². The van der Waals surface area contributed by atoms with Gasteiger partial charge in [-0.2, -0.15) is 4.31 Å². The smallest absolute Gasteiger partial charge is 0.243 e. The first-order valence-electron chi connectivity index (χ1n) is 11.1. The van der Waals surface area contributed by atoms with Gasteiger partial charge in [-0.05, 0) is 67.8 Å². The van der Waals surface area contributed by atoms with E-state index in [2.05, 4.69) is 4.90 Å². The Morgan fingerprint density at radius 3 is 2.50 bits per heavy atom. The molecule has 1 amide bonds. The third kappa shape index (κ3) is 4.53. The van der Waals surface area contributed by atoms with Gasteiger partial charge in [0, 0.05) is 44.8 Å². The molecule has 0 aromatic heterocycles. The molecule has 1 unspecified atom stereocenters. The van der Waals surface area contributed by atoms with Crippen LogP contribution in [0.5, 0.6) is 5.75 Å². The Morgan fingerprint density at radius 1 is 1.06 bits per heavy atom. The second-order valence-electron chi connectivity index (χ2n) is 8.61. The Kier molecular flexibility index (Phi) is 6.55. The Bertz CT molecular complexity index is 1080. The van der Waals surface area contributed by atoms with Gasteiger partial charge >= 0.3 is 0 Å². The molecule has 1 atom stereocenters. The molecule has 32 heavy (non-hydrogen) atoms. The van der Waals surface area contributed by atoms with E-state index in [1.165, 1.54) is 5.56 Å². The molecule has 7 nitrogen and oxygen atoms in total. The van der Waals surface area contributed by atoms with Crippen LogP contribution < -0.4 is 9.64 Å². The number of ether oxygens (including phenoxy) is 1. The molecule has 2 aliphatic rings. The molecule has 8 heteroatoms. The molecule has 2 heterocycles. The zero-order valence-electron chi connectivity index (χ0n) is 19.0. The van der Waals surface area contributed by atoms with Crippen molar-refractivity contribution in [2.75, 3.05) is 38.2 Å². The summed E-state index contributed by atoms with van der Waals surface area (Å²) in [7, 11) is -1.93. The Morgan fingerprint density at radius 2 is 1.81 bits per heavy atom. The van der Waals surface area contributed by atoms with Crippen molar-refractivity contribution in [1.82, 2.24) is 9.21 Å². The van der Waals surface area contributed by atoms with Gasteiger partial charge in [-0.25, -0.2) is 8.42 Å². The third-order valence-corrected chi connectivity index (χ3v) is 8.25. The summed E-state index contributed by atoms with van der Waals surface area (Å²) in [5.41, 5.74) is 2.93. The summed E-state index contributed by atoms with van der Waals surface area (Å²) in [6, 6.07) is 13.2. The van der Waals surface area contributed by atoms with Crippen molar-refractivity contribution < 1.29 is 17.9 Å². The van der Waals surface area contributed by atoms with E-state index in [1.54, 1.807) is 41.4 Å². The van der Waals surface area contributed by atoms with E-state index < -0.39 is 10.0 Å². The molecular formula is C24H31N3O4S. The van der Waals surface area contributed by atoms with Crippen LogP contribution in [0, 0.1) is 0 Å². The Hall–Kier alpha value is -2.42. The van der Waals surface area contributed by atoms with Crippen LogP contribution in [0.3, 0.4) is 0 Å². The minimum Gasteiger partial charge on any atom is -0.497 e. The van der Waals surface area contributed by atoms with Gasteiger partial charge in [-0.15, -0.1) is 0 Å². The molecule has 1 saturated heterocycles. The lowest BCUT2D eigenvalue weighted by Crippen LogP contribution is -2.35. The van der Waals surface area contributed by atoms with Crippen molar-refractivity contribution in [3.05, 3.63) is 53.6 Å². The van der Waals surface area contributed by atoms with Gasteiger partial charge in [0.05, 0.1) is 12.0 Å². The molecule has 1 fully saturated rings. The molecular weight excluding hydrogens is 426 g/mol. The second kappa shape index (κ2) is 9.21. The average molecular weight is 458 g/mol. The SMILES string of the molecule is COc1ccc(CN2CCCN(S(=O)(=O)c3ccc4c(c3)CC(C)N4C(C)=O)CC2)cc1. The lowest BCUT2D eigenvalue weighted by Gasteiger charge is -2.23. The summed E-state index contributed by atoms with van der Waals surface area (Å²) in [6.07, 6.45) is 1.46. The maximum Gasteiger partial charge on any atom is 0.243 e. The number of sulfonamides is 1. The fraction of sp³-hybridized carbons (Fsp3) is 0.458. The molecule has 4 rings (SSSR count). The molecule has 0 N–H and O–H groups in total. The Balaban J connectivity index is 1.45. The number of hydrogen-bond acceptors (Lipinski definition) is 5. The topological polar surface area (TPSA) is 70.2 Å². The molecule has 0 bridgehead atoms. The molecule has 0 spiro atoms. The fourth-order valence-electron chi connectivity index (χ4n) is 4.73. The number of fused-ring (bicyclic) bond motifs is 1. The van der Waals surface area contributed by atoms with Gasteiger partial charge in [0.2, 0.25) is 15.9 Å². The van der Waals surface area contributed by atoms with Gasteiger partial charge in [0.1, 0.15) is 5.75 Å². The van der Waals surface area contributed by atoms with Crippen LogP contribution in [0.2, 0.25) is 0 Å². The van der Waals surface area contributed by atoms with Crippen LogP contribution in [0.15, 0.2) is 47.4 Å². The minimum atomic E-state index is -3.58. The first-order valence-corrected chi connectivity index (χ1v) is 12.5. The van der Waals surface area contributed by atoms with Crippen LogP contribution in [-0.4, -0.2) is 62.9 Å². The van der Waals surface area contributed by atoms with E-state index in [0.29, 0.717) is 31.0 Å². The summed E-state index contributed by atoms with van der Waals surface area (Å²) in [4.78, 5) is 16.3. The number of hydrogen-bond donors (Lipinski definition) is 0. The van der Waals surface area contributed by atoms with Crippen LogP contribution >= 0.6 is 0 Å². The van der Waals surface area contributed by atoms with E-state index in [9.17, 15) is 13.2 Å². The molecule has 0 aliphatic carbocycles. The number of amides is 1. The number of rotatable bonds is 5. The monoisotopic (exact) mass is 457 g/mol. The molecule has 2 aliphatic heterocycles. The summed E-state index contributed by atoms with van der Waals surface area (Å²) >= 11 is 0. The normalized spacial score (nSPS) is 20.1. The van der Waals surface area contributed by atoms with E-state index in [4.69, 9.17) is 4.74 Å². The maximum absolute atomic E-state index is 13.4. The average Bonchev–Trinajstić information content (AvgIpc) is 2.92. The van der Waals surface area contributed by atoms with E-state index in [1.807, 2.05) is 31.2 Å². The van der Waals surface area contributed by atoms with Crippen LogP contribution in [0.25, 0.3) is 0 Å². The zero-order chi connectivity index (χ0) is 22.9. The molecule has 0 radical (unpaired) electrons. The first-order chi connectivity index (χ1) is 15.3.